The van der Waals surface area contributed by atoms with Crippen molar-refractivity contribution in [2.75, 3.05) is 27.7 Å². The fraction of sp³-hybridized carbons (Fsp3) is 0.625. The maximum atomic E-state index is 10.5. The Kier molecular flexibility index (Phi) is 5.32. The highest BCUT2D eigenvalue weighted by Gasteiger charge is 2.13. The zero-order valence-electron chi connectivity index (χ0n) is 7.70. The van der Waals surface area contributed by atoms with E-state index < -0.39 is 0 Å². The maximum absolute atomic E-state index is 10.5. The van der Waals surface area contributed by atoms with Gasteiger partial charge in [0.2, 0.25) is 0 Å². The highest BCUT2D eigenvalue weighted by atomic mass is 16.5. The molecule has 0 atom stereocenters. The number of hydrogen-bond acceptors (Lipinski definition) is 4. The number of esters is 1. The smallest absolute Gasteiger partial charge is 0.314 e. The number of hydrogen-bond donors (Lipinski definition) is 1. The lowest BCUT2D eigenvalue weighted by Crippen LogP contribution is -2.15. The molecule has 12 heavy (non-hydrogen) atoms. The SMILES string of the molecule is CN(C)CC1=CCC(=O)O1.CO. The summed E-state index contributed by atoms with van der Waals surface area (Å²) in [6.45, 7) is 0.714. The van der Waals surface area contributed by atoms with E-state index in [-0.39, 0.29) is 5.97 Å². The van der Waals surface area contributed by atoms with Crippen LogP contribution in [0.1, 0.15) is 6.42 Å². The van der Waals surface area contributed by atoms with Crippen LogP contribution in [0.25, 0.3) is 0 Å². The quantitative estimate of drug-likeness (QED) is 0.596. The Morgan fingerprint density at radius 3 is 2.50 bits per heavy atom. The van der Waals surface area contributed by atoms with Crippen LogP contribution in [0.3, 0.4) is 0 Å². The molecule has 0 radical (unpaired) electrons. The van der Waals surface area contributed by atoms with Gasteiger partial charge in [0.15, 0.2) is 0 Å². The van der Waals surface area contributed by atoms with E-state index in [4.69, 9.17) is 9.84 Å². The van der Waals surface area contributed by atoms with Crippen LogP contribution in [0.5, 0.6) is 0 Å². The monoisotopic (exact) mass is 173 g/mol. The average molecular weight is 173 g/mol. The van der Waals surface area contributed by atoms with Crippen LogP contribution in [0, 0.1) is 0 Å². The summed E-state index contributed by atoms with van der Waals surface area (Å²) in [5.74, 6) is 0.631. The van der Waals surface area contributed by atoms with Crippen molar-refractivity contribution in [2.24, 2.45) is 0 Å². The minimum Gasteiger partial charge on any atom is -0.430 e. The summed E-state index contributed by atoms with van der Waals surface area (Å²) in [6.07, 6.45) is 2.26. The molecule has 1 N–H and O–H groups in total. The lowest BCUT2D eigenvalue weighted by atomic mass is 10.4. The van der Waals surface area contributed by atoms with E-state index in [0.29, 0.717) is 13.0 Å². The molecule has 1 aliphatic heterocycles. The lowest BCUT2D eigenvalue weighted by Gasteiger charge is -2.08. The van der Waals surface area contributed by atoms with E-state index in [2.05, 4.69) is 0 Å². The second-order valence-corrected chi connectivity index (χ2v) is 2.59. The molecule has 0 unspecified atom stereocenters. The molecule has 0 spiro atoms. The van der Waals surface area contributed by atoms with Gasteiger partial charge in [0.05, 0.1) is 13.0 Å². The van der Waals surface area contributed by atoms with Crippen molar-refractivity contribution < 1.29 is 14.6 Å². The molecular weight excluding hydrogens is 158 g/mol. The Labute approximate surface area is 72.4 Å². The van der Waals surface area contributed by atoms with E-state index in [0.717, 1.165) is 12.9 Å². The van der Waals surface area contributed by atoms with Gasteiger partial charge in [-0.3, -0.25) is 4.79 Å². The van der Waals surface area contributed by atoms with E-state index in [1.54, 1.807) is 0 Å². The summed E-state index contributed by atoms with van der Waals surface area (Å²) in [7, 11) is 4.87. The summed E-state index contributed by atoms with van der Waals surface area (Å²) < 4.78 is 4.85. The first kappa shape index (κ1) is 11.1. The molecule has 0 bridgehead atoms. The standard InChI is InChI=1S/C7H11NO2.CH4O/c1-8(2)5-6-3-4-7(9)10-6;1-2/h3H,4-5H2,1-2H3;2H,1H3. The molecular formula is C8H15NO3. The molecule has 0 aliphatic carbocycles. The van der Waals surface area contributed by atoms with Gasteiger partial charge in [-0.2, -0.15) is 0 Å². The van der Waals surface area contributed by atoms with Gasteiger partial charge >= 0.3 is 5.97 Å². The molecule has 4 nitrogen and oxygen atoms in total. The molecule has 0 aromatic heterocycles. The first-order valence-corrected chi connectivity index (χ1v) is 3.67. The van der Waals surface area contributed by atoms with Crippen molar-refractivity contribution in [1.29, 1.82) is 0 Å². The van der Waals surface area contributed by atoms with Crippen LogP contribution in [0.2, 0.25) is 0 Å². The highest BCUT2D eigenvalue weighted by Crippen LogP contribution is 2.10. The summed E-state index contributed by atoms with van der Waals surface area (Å²) >= 11 is 0. The minimum absolute atomic E-state index is 0.142. The average Bonchev–Trinajstić information content (AvgIpc) is 2.39. The fourth-order valence-corrected chi connectivity index (χ4v) is 0.835. The van der Waals surface area contributed by atoms with Crippen molar-refractivity contribution in [3.05, 3.63) is 11.8 Å². The predicted molar refractivity (Wildman–Crippen MR) is 45.5 cm³/mol. The number of aliphatic hydroxyl groups excluding tert-OH is 1. The topological polar surface area (TPSA) is 49.8 Å². The molecule has 1 heterocycles. The minimum atomic E-state index is -0.142. The second-order valence-electron chi connectivity index (χ2n) is 2.59. The molecule has 1 rings (SSSR count). The van der Waals surface area contributed by atoms with E-state index >= 15 is 0 Å². The number of aliphatic hydroxyl groups is 1. The molecule has 4 heteroatoms. The van der Waals surface area contributed by atoms with Gasteiger partial charge in [0.25, 0.3) is 0 Å². The first-order valence-electron chi connectivity index (χ1n) is 3.67. The number of nitrogens with zero attached hydrogens (tertiary/aromatic N) is 1. The van der Waals surface area contributed by atoms with Gasteiger partial charge in [-0.1, -0.05) is 0 Å². The summed E-state index contributed by atoms with van der Waals surface area (Å²) in [5, 5.41) is 7.00. The number of carbonyl (C=O) groups excluding carboxylic acids is 1. The molecule has 0 saturated carbocycles. The number of ether oxygens (including phenoxy) is 1. The summed E-state index contributed by atoms with van der Waals surface area (Å²) in [4.78, 5) is 12.5. The zero-order chi connectivity index (χ0) is 9.56. The summed E-state index contributed by atoms with van der Waals surface area (Å²) in [6, 6.07) is 0. The van der Waals surface area contributed by atoms with Crippen molar-refractivity contribution in [3.8, 4) is 0 Å². The Morgan fingerprint density at radius 2 is 2.17 bits per heavy atom. The van der Waals surface area contributed by atoms with Crippen LogP contribution in [-0.4, -0.2) is 43.7 Å². The molecule has 0 amide bonds. The lowest BCUT2D eigenvalue weighted by molar-refractivity contribution is -0.136. The Bertz CT molecular complexity index is 175. The van der Waals surface area contributed by atoms with E-state index in [9.17, 15) is 4.79 Å². The third-order valence-electron chi connectivity index (χ3n) is 1.21. The Hall–Kier alpha value is -0.870. The first-order chi connectivity index (χ1) is 5.68. The van der Waals surface area contributed by atoms with Gasteiger partial charge in [0.1, 0.15) is 5.76 Å². The predicted octanol–water partition coefficient (Wildman–Crippen LogP) is -0.0127. The molecule has 0 saturated heterocycles. The summed E-state index contributed by atoms with van der Waals surface area (Å²) in [5.41, 5.74) is 0. The largest absolute Gasteiger partial charge is 0.430 e. The molecule has 0 fully saturated rings. The Morgan fingerprint density at radius 1 is 1.58 bits per heavy atom. The van der Waals surface area contributed by atoms with Gasteiger partial charge in [0, 0.05) is 7.11 Å². The van der Waals surface area contributed by atoms with Gasteiger partial charge in [-0.15, -0.1) is 0 Å². The molecule has 0 aromatic carbocycles. The molecule has 70 valence electrons. The van der Waals surface area contributed by atoms with Crippen LogP contribution in [0.4, 0.5) is 0 Å². The fourth-order valence-electron chi connectivity index (χ4n) is 0.835. The third kappa shape index (κ3) is 4.10. The second kappa shape index (κ2) is 5.74. The van der Waals surface area contributed by atoms with E-state index in [1.807, 2.05) is 25.1 Å². The normalized spacial score (nSPS) is 15.1. The van der Waals surface area contributed by atoms with Crippen molar-refractivity contribution in [1.82, 2.24) is 4.90 Å². The van der Waals surface area contributed by atoms with Gasteiger partial charge in [-0.05, 0) is 20.2 Å². The number of cyclic esters (lactones) is 1. The maximum Gasteiger partial charge on any atom is 0.314 e. The molecule has 0 aromatic rings. The highest BCUT2D eigenvalue weighted by molar-refractivity contribution is 5.75. The number of carbonyl (C=O) groups is 1. The number of rotatable bonds is 2. The van der Waals surface area contributed by atoms with Gasteiger partial charge < -0.3 is 14.7 Å². The third-order valence-corrected chi connectivity index (χ3v) is 1.21. The van der Waals surface area contributed by atoms with Crippen LogP contribution < -0.4 is 0 Å². The Balaban J connectivity index is 0.000000561. The van der Waals surface area contributed by atoms with E-state index in [1.165, 1.54) is 0 Å². The zero-order valence-corrected chi connectivity index (χ0v) is 7.70. The van der Waals surface area contributed by atoms with Crippen LogP contribution in [0.15, 0.2) is 11.8 Å². The van der Waals surface area contributed by atoms with Crippen LogP contribution >= 0.6 is 0 Å². The number of likely N-dealkylation sites (N-methyl/N-ethyl adjacent to an activating group) is 1. The van der Waals surface area contributed by atoms with Crippen molar-refractivity contribution >= 4 is 5.97 Å². The van der Waals surface area contributed by atoms with Crippen molar-refractivity contribution in [3.63, 3.8) is 0 Å². The molecule has 1 aliphatic rings. The van der Waals surface area contributed by atoms with Crippen LogP contribution in [-0.2, 0) is 9.53 Å². The van der Waals surface area contributed by atoms with Crippen molar-refractivity contribution in [2.45, 2.75) is 6.42 Å². The van der Waals surface area contributed by atoms with Gasteiger partial charge in [-0.25, -0.2) is 0 Å².